The zero-order chi connectivity index (χ0) is 10.4. The molecule has 4 N–H and O–H groups in total. The van der Waals surface area contributed by atoms with E-state index in [0.717, 1.165) is 0 Å². The summed E-state index contributed by atoms with van der Waals surface area (Å²) < 4.78 is 0. The van der Waals surface area contributed by atoms with Crippen LogP contribution in [-0.4, -0.2) is 46.6 Å². The second-order valence-corrected chi connectivity index (χ2v) is 3.27. The van der Waals surface area contributed by atoms with Crippen LogP contribution in [0.1, 0.15) is 13.8 Å². The molecule has 0 saturated heterocycles. The van der Waals surface area contributed by atoms with Crippen molar-refractivity contribution in [3.63, 3.8) is 0 Å². The van der Waals surface area contributed by atoms with Gasteiger partial charge in [-0.2, -0.15) is 0 Å². The molecule has 0 saturated carbocycles. The van der Waals surface area contributed by atoms with Gasteiger partial charge in [0.1, 0.15) is 6.10 Å². The molecule has 0 aliphatic rings. The molecule has 5 heteroatoms. The first-order valence-corrected chi connectivity index (χ1v) is 4.23. The Morgan fingerprint density at radius 1 is 1.38 bits per heavy atom. The summed E-state index contributed by atoms with van der Waals surface area (Å²) >= 11 is 0. The van der Waals surface area contributed by atoms with Gasteiger partial charge in [-0.1, -0.05) is 13.8 Å². The van der Waals surface area contributed by atoms with Crippen molar-refractivity contribution in [2.45, 2.75) is 26.1 Å². The molecule has 0 bridgehead atoms. The zero-order valence-electron chi connectivity index (χ0n) is 7.90. The highest BCUT2D eigenvalue weighted by Crippen LogP contribution is 2.00. The van der Waals surface area contributed by atoms with Gasteiger partial charge >= 0.3 is 0 Å². The molecule has 0 aliphatic heterocycles. The third kappa shape index (κ3) is 4.82. The number of nitrogens with one attached hydrogen (secondary N) is 1. The summed E-state index contributed by atoms with van der Waals surface area (Å²) in [5.41, 5.74) is 0. The molecule has 13 heavy (non-hydrogen) atoms. The molecule has 0 aliphatic carbocycles. The van der Waals surface area contributed by atoms with Crippen molar-refractivity contribution in [2.75, 3.05) is 13.2 Å². The Hall–Kier alpha value is -0.650. The van der Waals surface area contributed by atoms with Gasteiger partial charge in [0.05, 0.1) is 12.7 Å². The molecule has 0 spiro atoms. The van der Waals surface area contributed by atoms with Gasteiger partial charge in [-0.05, 0) is 5.92 Å². The van der Waals surface area contributed by atoms with Crippen LogP contribution in [-0.2, 0) is 4.79 Å². The Bertz CT molecular complexity index is 160. The van der Waals surface area contributed by atoms with E-state index in [1.165, 1.54) is 0 Å². The van der Waals surface area contributed by atoms with E-state index in [-0.39, 0.29) is 12.5 Å². The average Bonchev–Trinajstić information content (AvgIpc) is 2.11. The van der Waals surface area contributed by atoms with Crippen molar-refractivity contribution in [3.8, 4) is 0 Å². The Balaban J connectivity index is 3.74. The molecule has 0 heterocycles. The summed E-state index contributed by atoms with van der Waals surface area (Å²) in [6, 6.07) is 0. The zero-order valence-corrected chi connectivity index (χ0v) is 7.90. The fraction of sp³-hybridized carbons (Fsp3) is 0.875. The third-order valence-electron chi connectivity index (χ3n) is 1.62. The number of hydrogen-bond donors (Lipinski definition) is 4. The van der Waals surface area contributed by atoms with E-state index in [9.17, 15) is 9.90 Å². The van der Waals surface area contributed by atoms with Crippen molar-refractivity contribution in [1.29, 1.82) is 0 Å². The summed E-state index contributed by atoms with van der Waals surface area (Å²) in [4.78, 5) is 11.1. The van der Waals surface area contributed by atoms with Gasteiger partial charge in [0.25, 0.3) is 0 Å². The van der Waals surface area contributed by atoms with Gasteiger partial charge in [0, 0.05) is 6.54 Å². The van der Waals surface area contributed by atoms with E-state index < -0.39 is 24.7 Å². The van der Waals surface area contributed by atoms with Crippen LogP contribution in [0.2, 0.25) is 0 Å². The van der Waals surface area contributed by atoms with Gasteiger partial charge in [-0.3, -0.25) is 4.79 Å². The number of amides is 1. The first-order valence-electron chi connectivity index (χ1n) is 4.23. The Morgan fingerprint density at radius 2 is 1.92 bits per heavy atom. The molecule has 0 fully saturated rings. The van der Waals surface area contributed by atoms with Gasteiger partial charge in [-0.15, -0.1) is 0 Å². The lowest BCUT2D eigenvalue weighted by Crippen LogP contribution is -2.42. The molecule has 0 radical (unpaired) electrons. The first kappa shape index (κ1) is 12.3. The van der Waals surface area contributed by atoms with Crippen molar-refractivity contribution in [3.05, 3.63) is 0 Å². The summed E-state index contributed by atoms with van der Waals surface area (Å²) in [5, 5.41) is 28.9. The lowest BCUT2D eigenvalue weighted by atomic mass is 10.1. The standard InChI is InChI=1S/C8H17NO4/c1-5(2)7(12)8(13)9-3-6(11)4-10/h5-7,10-12H,3-4H2,1-2H3,(H,9,13)/t6?,7-/m1/s1. The lowest BCUT2D eigenvalue weighted by Gasteiger charge is -2.15. The van der Waals surface area contributed by atoms with E-state index in [1.54, 1.807) is 13.8 Å². The fourth-order valence-corrected chi connectivity index (χ4v) is 0.690. The summed E-state index contributed by atoms with van der Waals surface area (Å²) in [6.45, 7) is 2.98. The number of hydrogen-bond acceptors (Lipinski definition) is 4. The molecule has 1 unspecified atom stereocenters. The molecule has 0 aromatic carbocycles. The molecule has 5 nitrogen and oxygen atoms in total. The second-order valence-electron chi connectivity index (χ2n) is 3.27. The second kappa shape index (κ2) is 5.90. The maximum Gasteiger partial charge on any atom is 0.249 e. The minimum Gasteiger partial charge on any atom is -0.394 e. The SMILES string of the molecule is CC(C)[C@@H](O)C(=O)NCC(O)CO. The van der Waals surface area contributed by atoms with Crippen LogP contribution in [0, 0.1) is 5.92 Å². The average molecular weight is 191 g/mol. The predicted molar refractivity (Wildman–Crippen MR) is 46.9 cm³/mol. The van der Waals surface area contributed by atoms with Crippen LogP contribution in [0.25, 0.3) is 0 Å². The minimum absolute atomic E-state index is 0.0425. The largest absolute Gasteiger partial charge is 0.394 e. The molecule has 0 rings (SSSR count). The van der Waals surface area contributed by atoms with Crippen molar-refractivity contribution >= 4 is 5.91 Å². The molecular formula is C8H17NO4. The topological polar surface area (TPSA) is 89.8 Å². The summed E-state index contributed by atoms with van der Waals surface area (Å²) in [7, 11) is 0. The fourth-order valence-electron chi connectivity index (χ4n) is 0.690. The van der Waals surface area contributed by atoms with Crippen LogP contribution >= 0.6 is 0 Å². The smallest absolute Gasteiger partial charge is 0.249 e. The maximum atomic E-state index is 11.1. The third-order valence-corrected chi connectivity index (χ3v) is 1.62. The normalized spacial score (nSPS) is 15.5. The van der Waals surface area contributed by atoms with Gasteiger partial charge in [0.15, 0.2) is 0 Å². The number of carbonyl (C=O) groups is 1. The van der Waals surface area contributed by atoms with E-state index >= 15 is 0 Å². The Morgan fingerprint density at radius 3 is 2.31 bits per heavy atom. The highest BCUT2D eigenvalue weighted by molar-refractivity contribution is 5.80. The number of aliphatic hydroxyl groups is 3. The Kier molecular flexibility index (Phi) is 5.61. The number of aliphatic hydroxyl groups excluding tert-OH is 3. The minimum atomic E-state index is -1.06. The van der Waals surface area contributed by atoms with Crippen LogP contribution in [0.15, 0.2) is 0 Å². The highest BCUT2D eigenvalue weighted by atomic mass is 16.3. The van der Waals surface area contributed by atoms with Crippen LogP contribution < -0.4 is 5.32 Å². The van der Waals surface area contributed by atoms with E-state index in [1.807, 2.05) is 0 Å². The number of rotatable bonds is 5. The molecular weight excluding hydrogens is 174 g/mol. The summed E-state index contributed by atoms with van der Waals surface area (Å²) in [6.07, 6.45) is -2.03. The van der Waals surface area contributed by atoms with Crippen molar-refractivity contribution < 1.29 is 20.1 Å². The van der Waals surface area contributed by atoms with Crippen LogP contribution in [0.5, 0.6) is 0 Å². The molecule has 2 atom stereocenters. The summed E-state index contributed by atoms with van der Waals surface area (Å²) in [5.74, 6) is -0.686. The van der Waals surface area contributed by atoms with Crippen molar-refractivity contribution in [2.24, 2.45) is 5.92 Å². The number of carbonyl (C=O) groups excluding carboxylic acids is 1. The predicted octanol–water partition coefficient (Wildman–Crippen LogP) is -1.53. The van der Waals surface area contributed by atoms with Crippen LogP contribution in [0.3, 0.4) is 0 Å². The quantitative estimate of drug-likeness (QED) is 0.424. The Labute approximate surface area is 77.4 Å². The van der Waals surface area contributed by atoms with Gasteiger partial charge in [-0.25, -0.2) is 0 Å². The highest BCUT2D eigenvalue weighted by Gasteiger charge is 2.18. The molecule has 0 aromatic rings. The molecule has 1 amide bonds. The van der Waals surface area contributed by atoms with Crippen LogP contribution in [0.4, 0.5) is 0 Å². The molecule has 0 aromatic heterocycles. The van der Waals surface area contributed by atoms with Gasteiger partial charge < -0.3 is 20.6 Å². The van der Waals surface area contributed by atoms with E-state index in [4.69, 9.17) is 10.2 Å². The molecule has 78 valence electrons. The monoisotopic (exact) mass is 191 g/mol. The first-order chi connectivity index (χ1) is 5.99. The van der Waals surface area contributed by atoms with E-state index in [0.29, 0.717) is 0 Å². The van der Waals surface area contributed by atoms with E-state index in [2.05, 4.69) is 5.32 Å². The van der Waals surface area contributed by atoms with Crippen molar-refractivity contribution in [1.82, 2.24) is 5.32 Å². The maximum absolute atomic E-state index is 11.1. The lowest BCUT2D eigenvalue weighted by molar-refractivity contribution is -0.131. The van der Waals surface area contributed by atoms with Gasteiger partial charge in [0.2, 0.25) is 5.91 Å².